The molecule has 0 radical (unpaired) electrons. The normalized spacial score (nSPS) is 22.4. The van der Waals surface area contributed by atoms with Crippen LogP contribution in [-0.4, -0.2) is 66.4 Å². The van der Waals surface area contributed by atoms with Gasteiger partial charge in [0.1, 0.15) is 17.7 Å². The van der Waals surface area contributed by atoms with E-state index < -0.39 is 23.7 Å². The average Bonchev–Trinajstić information content (AvgIpc) is 3.12. The van der Waals surface area contributed by atoms with E-state index in [1.54, 1.807) is 20.8 Å². The molecule has 3 rings (SSSR count). The van der Waals surface area contributed by atoms with E-state index in [1.165, 1.54) is 17.6 Å². The Hall–Kier alpha value is -2.54. The van der Waals surface area contributed by atoms with Gasteiger partial charge in [-0.2, -0.15) is 0 Å². The Morgan fingerprint density at radius 3 is 2.50 bits per heavy atom. The molecule has 2 atom stereocenters. The highest BCUT2D eigenvalue weighted by atomic mass is 16.6. The number of carbonyl (C=O) groups is 2. The second-order valence-electron chi connectivity index (χ2n) is 8.79. The highest BCUT2D eigenvalue weighted by Crippen LogP contribution is 2.27. The zero-order valence-electron chi connectivity index (χ0n) is 18.3. The van der Waals surface area contributed by atoms with Gasteiger partial charge in [0, 0.05) is 32.5 Å². The number of carbonyl (C=O) groups excluding carboxylic acids is 2. The monoisotopic (exact) mass is 416 g/mol. The number of likely N-dealkylation sites (tertiary alicyclic amines) is 1. The van der Waals surface area contributed by atoms with Crippen LogP contribution in [0.2, 0.25) is 0 Å². The molecule has 7 nitrogen and oxygen atoms in total. The Balaban J connectivity index is 1.57. The minimum atomic E-state index is -0.686. The zero-order chi connectivity index (χ0) is 21.7. The van der Waals surface area contributed by atoms with Crippen molar-refractivity contribution < 1.29 is 23.8 Å². The van der Waals surface area contributed by atoms with Gasteiger partial charge >= 0.3 is 12.1 Å². The van der Waals surface area contributed by atoms with Crippen LogP contribution in [0.4, 0.5) is 4.79 Å². The molecule has 0 saturated carbocycles. The van der Waals surface area contributed by atoms with E-state index in [4.69, 9.17) is 14.2 Å². The van der Waals surface area contributed by atoms with Crippen molar-refractivity contribution in [3.8, 4) is 0 Å². The van der Waals surface area contributed by atoms with Gasteiger partial charge in [-0.3, -0.25) is 9.80 Å². The summed E-state index contributed by atoms with van der Waals surface area (Å²) < 4.78 is 16.5. The van der Waals surface area contributed by atoms with Gasteiger partial charge in [-0.15, -0.1) is 0 Å². The summed E-state index contributed by atoms with van der Waals surface area (Å²) in [5, 5.41) is 0. The van der Waals surface area contributed by atoms with Crippen molar-refractivity contribution in [2.24, 2.45) is 0 Å². The molecule has 164 valence electrons. The van der Waals surface area contributed by atoms with Gasteiger partial charge in [0.05, 0.1) is 19.4 Å². The van der Waals surface area contributed by atoms with Crippen molar-refractivity contribution in [2.75, 3.05) is 26.7 Å². The van der Waals surface area contributed by atoms with Crippen molar-refractivity contribution in [3.63, 3.8) is 0 Å². The van der Waals surface area contributed by atoms with Gasteiger partial charge in [-0.1, -0.05) is 30.3 Å². The molecule has 2 aliphatic rings. The van der Waals surface area contributed by atoms with Crippen molar-refractivity contribution in [2.45, 2.75) is 57.9 Å². The van der Waals surface area contributed by atoms with Crippen molar-refractivity contribution >= 4 is 12.1 Å². The fourth-order valence-electron chi connectivity index (χ4n) is 3.76. The van der Waals surface area contributed by atoms with Gasteiger partial charge < -0.3 is 14.2 Å². The number of methoxy groups -OCH3 is 1. The Morgan fingerprint density at radius 1 is 1.17 bits per heavy atom. The summed E-state index contributed by atoms with van der Waals surface area (Å²) in [6.07, 6.45) is 2.52. The molecule has 1 fully saturated rings. The third kappa shape index (κ3) is 5.98. The summed E-state index contributed by atoms with van der Waals surface area (Å²) in [6, 6.07) is 9.71. The number of hydrogen-bond acceptors (Lipinski definition) is 6. The number of esters is 1. The van der Waals surface area contributed by atoms with Crippen LogP contribution in [0.15, 0.2) is 42.2 Å². The predicted molar refractivity (Wildman–Crippen MR) is 113 cm³/mol. The Kier molecular flexibility index (Phi) is 7.02. The van der Waals surface area contributed by atoms with E-state index in [1.807, 2.05) is 6.07 Å². The van der Waals surface area contributed by atoms with Gasteiger partial charge in [0.25, 0.3) is 0 Å². The predicted octanol–water partition coefficient (Wildman–Crippen LogP) is 3.34. The maximum absolute atomic E-state index is 12.6. The fraction of sp³-hybridized carbons (Fsp3) is 0.565. The number of ether oxygens (including phenoxy) is 3. The molecule has 0 N–H and O–H groups in total. The average molecular weight is 417 g/mol. The highest BCUT2D eigenvalue weighted by molar-refractivity contribution is 5.82. The van der Waals surface area contributed by atoms with E-state index >= 15 is 0 Å². The summed E-state index contributed by atoms with van der Waals surface area (Å²) in [5.74, 6) is 0.470. The zero-order valence-corrected chi connectivity index (χ0v) is 18.3. The molecule has 30 heavy (non-hydrogen) atoms. The van der Waals surface area contributed by atoms with Crippen molar-refractivity contribution in [1.82, 2.24) is 9.80 Å². The van der Waals surface area contributed by atoms with Crippen LogP contribution in [0.1, 0.15) is 39.2 Å². The molecule has 0 unspecified atom stereocenters. The lowest BCUT2D eigenvalue weighted by Gasteiger charge is -2.28. The Morgan fingerprint density at radius 2 is 1.90 bits per heavy atom. The van der Waals surface area contributed by atoms with Crippen LogP contribution in [-0.2, 0) is 25.5 Å². The summed E-state index contributed by atoms with van der Waals surface area (Å²) >= 11 is 0. The smallest absolute Gasteiger partial charge is 0.411 e. The first kappa shape index (κ1) is 22.2. The van der Waals surface area contributed by atoms with Gasteiger partial charge in [0.15, 0.2) is 0 Å². The lowest BCUT2D eigenvalue weighted by molar-refractivity contribution is -0.145. The molecule has 0 spiro atoms. The van der Waals surface area contributed by atoms with E-state index in [-0.39, 0.29) is 6.10 Å². The minimum Gasteiger partial charge on any atom is -0.493 e. The van der Waals surface area contributed by atoms with Crippen LogP contribution in [0.3, 0.4) is 0 Å². The first-order valence-electron chi connectivity index (χ1n) is 10.4. The van der Waals surface area contributed by atoms with E-state index in [9.17, 15) is 9.59 Å². The molecule has 1 saturated heterocycles. The number of benzene rings is 1. The van der Waals surface area contributed by atoms with Crippen LogP contribution < -0.4 is 0 Å². The lowest BCUT2D eigenvalue weighted by atomic mass is 10.1. The Bertz CT molecular complexity index is 772. The minimum absolute atomic E-state index is 0.256. The summed E-state index contributed by atoms with van der Waals surface area (Å²) in [6.45, 7) is 8.34. The maximum Gasteiger partial charge on any atom is 0.411 e. The van der Waals surface area contributed by atoms with Gasteiger partial charge in [-0.05, 0) is 32.4 Å². The molecule has 2 aliphatic heterocycles. The molecular weight excluding hydrogens is 384 g/mol. The highest BCUT2D eigenvalue weighted by Gasteiger charge is 2.43. The Labute approximate surface area is 178 Å². The second-order valence-corrected chi connectivity index (χ2v) is 8.79. The van der Waals surface area contributed by atoms with Crippen molar-refractivity contribution in [1.29, 1.82) is 0 Å². The van der Waals surface area contributed by atoms with Crippen LogP contribution in [0, 0.1) is 0 Å². The number of nitrogens with zero attached hydrogens (tertiary/aromatic N) is 2. The SMILES string of the molecule is COC(=O)[C@@H]1C[C@@H](OC2=CCN(Cc3ccccc3)CC2)CN1C(=O)OC(C)(C)C. The summed E-state index contributed by atoms with van der Waals surface area (Å²) in [7, 11) is 1.33. The number of amides is 1. The lowest BCUT2D eigenvalue weighted by Crippen LogP contribution is -2.44. The third-order valence-corrected chi connectivity index (χ3v) is 5.18. The first-order valence-corrected chi connectivity index (χ1v) is 10.4. The molecule has 7 heteroatoms. The largest absolute Gasteiger partial charge is 0.493 e. The summed E-state index contributed by atoms with van der Waals surface area (Å²) in [5.41, 5.74) is 0.658. The number of hydrogen-bond donors (Lipinski definition) is 0. The second kappa shape index (κ2) is 9.51. The summed E-state index contributed by atoms with van der Waals surface area (Å²) in [4.78, 5) is 28.6. The van der Waals surface area contributed by atoms with Crippen LogP contribution in [0.5, 0.6) is 0 Å². The van der Waals surface area contributed by atoms with Crippen LogP contribution >= 0.6 is 0 Å². The molecule has 1 aromatic rings. The molecule has 1 amide bonds. The van der Waals surface area contributed by atoms with E-state index in [0.29, 0.717) is 13.0 Å². The maximum atomic E-state index is 12.6. The number of rotatable bonds is 5. The van der Waals surface area contributed by atoms with Gasteiger partial charge in [-0.25, -0.2) is 9.59 Å². The molecular formula is C23H32N2O5. The molecule has 0 bridgehead atoms. The van der Waals surface area contributed by atoms with Gasteiger partial charge in [0.2, 0.25) is 0 Å². The van der Waals surface area contributed by atoms with E-state index in [2.05, 4.69) is 35.2 Å². The van der Waals surface area contributed by atoms with Crippen LogP contribution in [0.25, 0.3) is 0 Å². The standard InChI is InChI=1S/C23H32N2O5/c1-23(2,3)30-22(27)25-16-19(14-20(25)21(26)28-4)29-18-10-12-24(13-11-18)15-17-8-6-5-7-9-17/h5-10,19-20H,11-16H2,1-4H3/t19-,20+/m1/s1. The van der Waals surface area contributed by atoms with Crippen molar-refractivity contribution in [3.05, 3.63) is 47.7 Å². The fourth-order valence-corrected chi connectivity index (χ4v) is 3.76. The molecule has 0 aromatic heterocycles. The topological polar surface area (TPSA) is 68.3 Å². The quantitative estimate of drug-likeness (QED) is 0.686. The molecule has 0 aliphatic carbocycles. The molecule has 2 heterocycles. The van der Waals surface area contributed by atoms with E-state index in [0.717, 1.165) is 31.8 Å². The first-order chi connectivity index (χ1) is 14.2. The third-order valence-electron chi connectivity index (χ3n) is 5.18. The molecule has 1 aromatic carbocycles.